The zero-order valence-electron chi connectivity index (χ0n) is 11.8. The zero-order chi connectivity index (χ0) is 16.9. The number of nitro benzene ring substituents is 1. The van der Waals surface area contributed by atoms with E-state index in [0.29, 0.717) is 11.8 Å². The molecule has 0 spiro atoms. The van der Waals surface area contributed by atoms with Crippen molar-refractivity contribution in [2.75, 3.05) is 18.5 Å². The highest BCUT2D eigenvalue weighted by atomic mass is 19.4. The normalized spacial score (nSPS) is 11.1. The van der Waals surface area contributed by atoms with E-state index < -0.39 is 22.4 Å². The second-order valence-corrected chi connectivity index (χ2v) is 4.57. The molecule has 2 aromatic carbocycles. The number of rotatable bonds is 6. The number of alkyl halides is 3. The molecular weight excluding hydrogens is 313 g/mol. The van der Waals surface area contributed by atoms with Crippen LogP contribution in [0.1, 0.15) is 5.56 Å². The van der Waals surface area contributed by atoms with Crippen LogP contribution >= 0.6 is 0 Å². The van der Waals surface area contributed by atoms with Crippen molar-refractivity contribution in [2.24, 2.45) is 0 Å². The van der Waals surface area contributed by atoms with Crippen LogP contribution < -0.4 is 10.1 Å². The maximum absolute atomic E-state index is 13.0. The highest BCUT2D eigenvalue weighted by Crippen LogP contribution is 2.36. The lowest BCUT2D eigenvalue weighted by atomic mass is 10.1. The standard InChI is InChI=1S/C15H13F3N2O3/c16-15(17,18)13-10-11(20(21)22)6-7-14(13)19-8-9-23-12-4-2-1-3-5-12/h1-7,10,19H,8-9H2. The number of benzene rings is 2. The van der Waals surface area contributed by atoms with Gasteiger partial charge in [0.25, 0.3) is 5.69 Å². The third-order valence-corrected chi connectivity index (χ3v) is 2.95. The maximum atomic E-state index is 13.0. The van der Waals surface area contributed by atoms with E-state index in [2.05, 4.69) is 5.32 Å². The average Bonchev–Trinajstić information content (AvgIpc) is 2.51. The van der Waals surface area contributed by atoms with Gasteiger partial charge in [-0.25, -0.2) is 0 Å². The van der Waals surface area contributed by atoms with Crippen molar-refractivity contribution in [3.63, 3.8) is 0 Å². The molecule has 122 valence electrons. The largest absolute Gasteiger partial charge is 0.492 e. The predicted octanol–water partition coefficient (Wildman–Crippen LogP) is 4.10. The van der Waals surface area contributed by atoms with Crippen LogP contribution in [0.5, 0.6) is 5.75 Å². The van der Waals surface area contributed by atoms with E-state index in [9.17, 15) is 23.3 Å². The molecule has 0 bridgehead atoms. The fourth-order valence-corrected chi connectivity index (χ4v) is 1.91. The highest BCUT2D eigenvalue weighted by molar-refractivity contribution is 5.57. The van der Waals surface area contributed by atoms with Crippen LogP contribution in [0.3, 0.4) is 0 Å². The Hall–Kier alpha value is -2.77. The smallest absolute Gasteiger partial charge is 0.418 e. The summed E-state index contributed by atoms with van der Waals surface area (Å²) in [4.78, 5) is 9.74. The summed E-state index contributed by atoms with van der Waals surface area (Å²) < 4.78 is 44.3. The molecule has 5 nitrogen and oxygen atoms in total. The molecule has 0 saturated carbocycles. The summed E-state index contributed by atoms with van der Waals surface area (Å²) in [7, 11) is 0. The topological polar surface area (TPSA) is 64.4 Å². The highest BCUT2D eigenvalue weighted by Gasteiger charge is 2.35. The van der Waals surface area contributed by atoms with Gasteiger partial charge in [-0.3, -0.25) is 10.1 Å². The Morgan fingerprint density at radius 3 is 2.43 bits per heavy atom. The molecule has 0 saturated heterocycles. The molecular formula is C15H13F3N2O3. The first-order valence-electron chi connectivity index (χ1n) is 6.65. The van der Waals surface area contributed by atoms with Crippen LogP contribution in [0.2, 0.25) is 0 Å². The van der Waals surface area contributed by atoms with Crippen molar-refractivity contribution in [1.29, 1.82) is 0 Å². The van der Waals surface area contributed by atoms with Crippen LogP contribution in [0, 0.1) is 10.1 Å². The van der Waals surface area contributed by atoms with E-state index >= 15 is 0 Å². The van der Waals surface area contributed by atoms with Crippen molar-refractivity contribution in [3.05, 3.63) is 64.2 Å². The molecule has 0 atom stereocenters. The van der Waals surface area contributed by atoms with E-state index in [-0.39, 0.29) is 18.8 Å². The first-order chi connectivity index (χ1) is 10.9. The lowest BCUT2D eigenvalue weighted by Crippen LogP contribution is -2.16. The Labute approximate surface area is 129 Å². The summed E-state index contributed by atoms with van der Waals surface area (Å²) in [5.74, 6) is 0.606. The minimum Gasteiger partial charge on any atom is -0.492 e. The number of hydrogen-bond donors (Lipinski definition) is 1. The average molecular weight is 326 g/mol. The first kappa shape index (κ1) is 16.6. The predicted molar refractivity (Wildman–Crippen MR) is 78.5 cm³/mol. The van der Waals surface area contributed by atoms with Crippen LogP contribution in [-0.4, -0.2) is 18.1 Å². The van der Waals surface area contributed by atoms with Gasteiger partial charge in [0.05, 0.1) is 10.5 Å². The molecule has 2 aromatic rings. The van der Waals surface area contributed by atoms with Gasteiger partial charge in [-0.15, -0.1) is 0 Å². The Balaban J connectivity index is 2.03. The second-order valence-electron chi connectivity index (χ2n) is 4.57. The fourth-order valence-electron chi connectivity index (χ4n) is 1.91. The van der Waals surface area contributed by atoms with Gasteiger partial charge in [0.1, 0.15) is 12.4 Å². The third kappa shape index (κ3) is 4.60. The van der Waals surface area contributed by atoms with Crippen molar-refractivity contribution >= 4 is 11.4 Å². The van der Waals surface area contributed by atoms with E-state index in [0.717, 1.165) is 12.1 Å². The molecule has 23 heavy (non-hydrogen) atoms. The summed E-state index contributed by atoms with van der Waals surface area (Å²) in [5.41, 5.74) is -1.91. The number of halogens is 3. The first-order valence-corrected chi connectivity index (χ1v) is 6.65. The molecule has 0 amide bonds. The minimum atomic E-state index is -4.69. The second kappa shape index (κ2) is 6.99. The molecule has 2 rings (SSSR count). The van der Waals surface area contributed by atoms with Crippen LogP contribution in [0.15, 0.2) is 48.5 Å². The fraction of sp³-hybridized carbons (Fsp3) is 0.200. The number of non-ortho nitro benzene ring substituents is 1. The molecule has 0 aliphatic heterocycles. The van der Waals surface area contributed by atoms with Gasteiger partial charge >= 0.3 is 6.18 Å². The van der Waals surface area contributed by atoms with Gasteiger partial charge in [0.2, 0.25) is 0 Å². The molecule has 1 N–H and O–H groups in total. The van der Waals surface area contributed by atoms with Gasteiger partial charge in [-0.05, 0) is 18.2 Å². The number of nitrogens with one attached hydrogen (secondary N) is 1. The summed E-state index contributed by atoms with van der Waals surface area (Å²) in [6.45, 7) is 0.272. The monoisotopic (exact) mass is 326 g/mol. The van der Waals surface area contributed by atoms with Crippen LogP contribution in [0.25, 0.3) is 0 Å². The van der Waals surface area contributed by atoms with Crippen molar-refractivity contribution in [3.8, 4) is 5.75 Å². The number of nitro groups is 1. The number of hydrogen-bond acceptors (Lipinski definition) is 4. The Morgan fingerprint density at radius 2 is 1.83 bits per heavy atom. The van der Waals surface area contributed by atoms with Crippen LogP contribution in [-0.2, 0) is 6.18 Å². The number of para-hydroxylation sites is 1. The van der Waals surface area contributed by atoms with E-state index in [1.807, 2.05) is 6.07 Å². The van der Waals surface area contributed by atoms with E-state index in [1.165, 1.54) is 0 Å². The Bertz CT molecular complexity index is 675. The molecule has 0 aliphatic carbocycles. The summed E-state index contributed by atoms with van der Waals surface area (Å²) in [6.07, 6.45) is -4.69. The quantitative estimate of drug-likeness (QED) is 0.493. The van der Waals surface area contributed by atoms with Crippen LogP contribution in [0.4, 0.5) is 24.5 Å². The third-order valence-electron chi connectivity index (χ3n) is 2.95. The van der Waals surface area contributed by atoms with Crippen molar-refractivity contribution < 1.29 is 22.8 Å². The minimum absolute atomic E-state index is 0.121. The van der Waals surface area contributed by atoms with Gasteiger partial charge in [-0.2, -0.15) is 13.2 Å². The van der Waals surface area contributed by atoms with E-state index in [4.69, 9.17) is 4.74 Å². The molecule has 0 fully saturated rings. The SMILES string of the molecule is O=[N+]([O-])c1ccc(NCCOc2ccccc2)c(C(F)(F)F)c1. The summed E-state index contributed by atoms with van der Waals surface area (Å²) >= 11 is 0. The van der Waals surface area contributed by atoms with Crippen molar-refractivity contribution in [1.82, 2.24) is 0 Å². The Morgan fingerprint density at radius 1 is 1.13 bits per heavy atom. The van der Waals surface area contributed by atoms with Gasteiger partial charge < -0.3 is 10.1 Å². The molecule has 0 aliphatic rings. The van der Waals surface area contributed by atoms with Gasteiger partial charge in [0.15, 0.2) is 0 Å². The number of nitrogens with zero attached hydrogens (tertiary/aromatic N) is 1. The lowest BCUT2D eigenvalue weighted by molar-refractivity contribution is -0.385. The molecule has 0 aromatic heterocycles. The Kier molecular flexibility index (Phi) is 5.05. The molecule has 0 heterocycles. The molecule has 0 radical (unpaired) electrons. The molecule has 8 heteroatoms. The summed E-state index contributed by atoms with van der Waals surface area (Å²) in [6, 6.07) is 11.4. The van der Waals surface area contributed by atoms with Crippen molar-refractivity contribution in [2.45, 2.75) is 6.18 Å². The van der Waals surface area contributed by atoms with E-state index in [1.54, 1.807) is 24.3 Å². The lowest BCUT2D eigenvalue weighted by Gasteiger charge is -2.14. The molecule has 0 unspecified atom stereocenters. The van der Waals surface area contributed by atoms with Gasteiger partial charge in [-0.1, -0.05) is 18.2 Å². The summed E-state index contributed by atoms with van der Waals surface area (Å²) in [5, 5.41) is 13.2. The number of ether oxygens (including phenoxy) is 1. The maximum Gasteiger partial charge on any atom is 0.418 e. The zero-order valence-corrected chi connectivity index (χ0v) is 11.8. The number of anilines is 1. The van der Waals surface area contributed by atoms with Gasteiger partial charge in [0, 0.05) is 24.4 Å².